The molecule has 0 amide bonds. The predicted molar refractivity (Wildman–Crippen MR) is 76.6 cm³/mol. The first-order valence-corrected chi connectivity index (χ1v) is 7.06. The van der Waals surface area contributed by atoms with E-state index >= 15 is 0 Å². The summed E-state index contributed by atoms with van der Waals surface area (Å²) in [7, 11) is 1.69. The number of hydrogen-bond acceptors (Lipinski definition) is 4. The summed E-state index contributed by atoms with van der Waals surface area (Å²) in [6, 6.07) is 8.30. The molecule has 0 radical (unpaired) electrons. The van der Waals surface area contributed by atoms with E-state index in [1.165, 1.54) is 12.0 Å². The molecule has 1 unspecified atom stereocenters. The maximum absolute atomic E-state index is 5.24. The molecule has 0 bridgehead atoms. The van der Waals surface area contributed by atoms with E-state index in [-0.39, 0.29) is 6.04 Å². The van der Waals surface area contributed by atoms with Crippen LogP contribution in [0.4, 0.5) is 0 Å². The van der Waals surface area contributed by atoms with Crippen LogP contribution in [0.3, 0.4) is 0 Å². The molecule has 1 N–H and O–H groups in total. The normalized spacial score (nSPS) is 15.1. The molecule has 106 valence electrons. The van der Waals surface area contributed by atoms with Crippen LogP contribution in [0.5, 0.6) is 5.75 Å². The minimum atomic E-state index is 0.195. The molecule has 5 heteroatoms. The Balaban J connectivity index is 1.65. The average molecular weight is 272 g/mol. The SMILES string of the molecule is COc1cccc(CNC(C)c2nnc3n2CCC3)c1. The molecule has 0 fully saturated rings. The first-order valence-electron chi connectivity index (χ1n) is 7.06. The summed E-state index contributed by atoms with van der Waals surface area (Å²) < 4.78 is 7.48. The van der Waals surface area contributed by atoms with Crippen LogP contribution >= 0.6 is 0 Å². The zero-order valence-electron chi connectivity index (χ0n) is 12.0. The van der Waals surface area contributed by atoms with Crippen molar-refractivity contribution < 1.29 is 4.74 Å². The molecule has 20 heavy (non-hydrogen) atoms. The van der Waals surface area contributed by atoms with Crippen LogP contribution in [0, 0.1) is 0 Å². The van der Waals surface area contributed by atoms with Gasteiger partial charge in [-0.25, -0.2) is 0 Å². The van der Waals surface area contributed by atoms with Crippen molar-refractivity contribution in [3.05, 3.63) is 41.5 Å². The first-order chi connectivity index (χ1) is 9.78. The molecular weight excluding hydrogens is 252 g/mol. The maximum atomic E-state index is 5.24. The van der Waals surface area contributed by atoms with Crippen molar-refractivity contribution in [2.24, 2.45) is 0 Å². The van der Waals surface area contributed by atoms with E-state index in [2.05, 4.69) is 33.1 Å². The number of rotatable bonds is 5. The van der Waals surface area contributed by atoms with Gasteiger partial charge >= 0.3 is 0 Å². The summed E-state index contributed by atoms with van der Waals surface area (Å²) in [5.41, 5.74) is 1.21. The Kier molecular flexibility index (Phi) is 3.69. The van der Waals surface area contributed by atoms with Gasteiger partial charge in [0.2, 0.25) is 0 Å². The Morgan fingerprint density at radius 2 is 2.30 bits per heavy atom. The van der Waals surface area contributed by atoms with Crippen molar-refractivity contribution >= 4 is 0 Å². The van der Waals surface area contributed by atoms with Crippen LogP contribution in [0.1, 0.15) is 36.6 Å². The van der Waals surface area contributed by atoms with E-state index < -0.39 is 0 Å². The van der Waals surface area contributed by atoms with Gasteiger partial charge in [-0.05, 0) is 31.0 Å². The Morgan fingerprint density at radius 3 is 3.15 bits per heavy atom. The molecule has 1 aliphatic rings. The van der Waals surface area contributed by atoms with Gasteiger partial charge in [0, 0.05) is 19.5 Å². The monoisotopic (exact) mass is 272 g/mol. The summed E-state index contributed by atoms with van der Waals surface area (Å²) in [5.74, 6) is 3.05. The van der Waals surface area contributed by atoms with E-state index in [1.54, 1.807) is 7.11 Å². The van der Waals surface area contributed by atoms with Crippen LogP contribution in [-0.2, 0) is 19.5 Å². The standard InChI is InChI=1S/C15H20N4O/c1-11(15-18-17-14-7-4-8-19(14)15)16-10-12-5-3-6-13(9-12)20-2/h3,5-6,9,11,16H,4,7-8,10H2,1-2H3. The highest BCUT2D eigenvalue weighted by molar-refractivity contribution is 5.28. The third-order valence-electron chi connectivity index (χ3n) is 3.77. The number of fused-ring (bicyclic) bond motifs is 1. The number of nitrogens with one attached hydrogen (secondary N) is 1. The van der Waals surface area contributed by atoms with Gasteiger partial charge < -0.3 is 14.6 Å². The molecule has 0 saturated carbocycles. The summed E-state index contributed by atoms with van der Waals surface area (Å²) >= 11 is 0. The lowest BCUT2D eigenvalue weighted by Crippen LogP contribution is -2.21. The zero-order chi connectivity index (χ0) is 13.9. The fourth-order valence-electron chi connectivity index (χ4n) is 2.64. The van der Waals surface area contributed by atoms with Gasteiger partial charge in [0.1, 0.15) is 17.4 Å². The number of aryl methyl sites for hydroxylation is 1. The minimum Gasteiger partial charge on any atom is -0.497 e. The van der Waals surface area contributed by atoms with Crippen LogP contribution < -0.4 is 10.1 Å². The van der Waals surface area contributed by atoms with Gasteiger partial charge in [-0.15, -0.1) is 10.2 Å². The minimum absolute atomic E-state index is 0.195. The van der Waals surface area contributed by atoms with E-state index in [9.17, 15) is 0 Å². The van der Waals surface area contributed by atoms with E-state index in [0.717, 1.165) is 36.9 Å². The Hall–Kier alpha value is -1.88. The zero-order valence-corrected chi connectivity index (χ0v) is 12.0. The van der Waals surface area contributed by atoms with Crippen molar-refractivity contribution in [2.45, 2.75) is 38.9 Å². The molecule has 0 spiro atoms. The Morgan fingerprint density at radius 1 is 1.40 bits per heavy atom. The van der Waals surface area contributed by atoms with Crippen molar-refractivity contribution in [3.8, 4) is 5.75 Å². The summed E-state index contributed by atoms with van der Waals surface area (Å²) in [6.45, 7) is 3.97. The van der Waals surface area contributed by atoms with Crippen LogP contribution in [0.25, 0.3) is 0 Å². The number of ether oxygens (including phenoxy) is 1. The molecule has 1 atom stereocenters. The van der Waals surface area contributed by atoms with Crippen molar-refractivity contribution in [2.75, 3.05) is 7.11 Å². The third-order valence-corrected chi connectivity index (χ3v) is 3.77. The number of nitrogens with zero attached hydrogens (tertiary/aromatic N) is 3. The van der Waals surface area contributed by atoms with Gasteiger partial charge in [0.15, 0.2) is 0 Å². The second-order valence-electron chi connectivity index (χ2n) is 5.18. The highest BCUT2D eigenvalue weighted by Crippen LogP contribution is 2.19. The highest BCUT2D eigenvalue weighted by atomic mass is 16.5. The molecular formula is C15H20N4O. The fraction of sp³-hybridized carbons (Fsp3) is 0.467. The Bertz CT molecular complexity index is 593. The average Bonchev–Trinajstić information content (AvgIpc) is 3.07. The topological polar surface area (TPSA) is 52.0 Å². The van der Waals surface area contributed by atoms with E-state index in [4.69, 9.17) is 4.74 Å². The smallest absolute Gasteiger partial charge is 0.149 e. The van der Waals surface area contributed by atoms with Gasteiger partial charge in [-0.2, -0.15) is 0 Å². The van der Waals surface area contributed by atoms with Gasteiger partial charge in [0.25, 0.3) is 0 Å². The molecule has 0 aliphatic carbocycles. The predicted octanol–water partition coefficient (Wildman–Crippen LogP) is 2.08. The van der Waals surface area contributed by atoms with Gasteiger partial charge in [-0.3, -0.25) is 0 Å². The highest BCUT2D eigenvalue weighted by Gasteiger charge is 2.20. The van der Waals surface area contributed by atoms with E-state index in [0.29, 0.717) is 0 Å². The molecule has 2 heterocycles. The first kappa shape index (κ1) is 13.1. The third kappa shape index (κ3) is 2.54. The molecule has 2 aromatic rings. The van der Waals surface area contributed by atoms with Crippen molar-refractivity contribution in [1.29, 1.82) is 0 Å². The molecule has 5 nitrogen and oxygen atoms in total. The van der Waals surface area contributed by atoms with E-state index in [1.807, 2.05) is 18.2 Å². The lowest BCUT2D eigenvalue weighted by atomic mass is 10.2. The largest absolute Gasteiger partial charge is 0.497 e. The molecule has 1 aromatic heterocycles. The Labute approximate surface area is 119 Å². The van der Waals surface area contributed by atoms with Gasteiger partial charge in [-0.1, -0.05) is 12.1 Å². The number of aromatic nitrogens is 3. The number of methoxy groups -OCH3 is 1. The molecule has 1 aromatic carbocycles. The van der Waals surface area contributed by atoms with Gasteiger partial charge in [0.05, 0.1) is 13.2 Å². The van der Waals surface area contributed by atoms with Crippen molar-refractivity contribution in [3.63, 3.8) is 0 Å². The summed E-state index contributed by atoms with van der Waals surface area (Å²) in [5, 5.41) is 12.1. The second kappa shape index (κ2) is 5.63. The second-order valence-corrected chi connectivity index (χ2v) is 5.18. The van der Waals surface area contributed by atoms with Crippen LogP contribution in [-0.4, -0.2) is 21.9 Å². The molecule has 3 rings (SSSR count). The lowest BCUT2D eigenvalue weighted by molar-refractivity contribution is 0.413. The summed E-state index contributed by atoms with van der Waals surface area (Å²) in [4.78, 5) is 0. The maximum Gasteiger partial charge on any atom is 0.149 e. The molecule has 1 aliphatic heterocycles. The van der Waals surface area contributed by atoms with Crippen LogP contribution in [0.15, 0.2) is 24.3 Å². The number of hydrogen-bond donors (Lipinski definition) is 1. The summed E-state index contributed by atoms with van der Waals surface area (Å²) in [6.07, 6.45) is 2.23. The quantitative estimate of drug-likeness (QED) is 0.905. The van der Waals surface area contributed by atoms with Crippen LogP contribution in [0.2, 0.25) is 0 Å². The lowest BCUT2D eigenvalue weighted by Gasteiger charge is -2.14. The molecule has 0 saturated heterocycles. The fourth-order valence-corrected chi connectivity index (χ4v) is 2.64. The number of benzene rings is 1. The van der Waals surface area contributed by atoms with Crippen molar-refractivity contribution in [1.82, 2.24) is 20.1 Å².